The van der Waals surface area contributed by atoms with E-state index in [-0.39, 0.29) is 5.57 Å². The van der Waals surface area contributed by atoms with Crippen molar-refractivity contribution in [3.8, 4) is 0 Å². The number of carbonyl (C=O) groups is 3. The number of rotatable bonds is 6. The number of benzene rings is 2. The van der Waals surface area contributed by atoms with E-state index < -0.39 is 30.2 Å². The third kappa shape index (κ3) is 6.50. The van der Waals surface area contributed by atoms with Crippen LogP contribution in [-0.4, -0.2) is 24.4 Å². The molecule has 9 heteroatoms. The lowest BCUT2D eigenvalue weighted by molar-refractivity contribution is -0.143. The second-order valence-corrected chi connectivity index (χ2v) is 7.56. The van der Waals surface area contributed by atoms with Crippen LogP contribution in [0.25, 0.3) is 11.6 Å². The van der Waals surface area contributed by atoms with Crippen molar-refractivity contribution < 1.29 is 23.5 Å². The first kappa shape index (κ1) is 22.2. The molecule has 0 spiro atoms. The maximum atomic E-state index is 13.3. The summed E-state index contributed by atoms with van der Waals surface area (Å²) in [5, 5.41) is 2.26. The summed E-state index contributed by atoms with van der Waals surface area (Å²) in [6, 6.07) is 15.3. The van der Waals surface area contributed by atoms with Crippen LogP contribution in [0.15, 0.2) is 66.0 Å². The van der Waals surface area contributed by atoms with E-state index in [0.717, 1.165) is 0 Å². The molecule has 31 heavy (non-hydrogen) atoms. The number of halogens is 2. The molecule has 0 bridgehead atoms. The Hall–Kier alpha value is -3.49. The second kappa shape index (κ2) is 10.5. The standard InChI is InChI=1S/C22H16ClFN2O4S/c23-16-7-3-14(4-8-16)12-18(15-5-9-17(24)10-6-15)22(29)30-13-20(27)25-26-21(28)19-2-1-11-31-19/h1-12H,13H2,(H,25,27)(H,26,28). The molecular weight excluding hydrogens is 443 g/mol. The molecule has 2 aromatic carbocycles. The molecule has 2 amide bonds. The highest BCUT2D eigenvalue weighted by Crippen LogP contribution is 2.21. The lowest BCUT2D eigenvalue weighted by atomic mass is 10.0. The van der Waals surface area contributed by atoms with Gasteiger partial charge in [0.25, 0.3) is 11.8 Å². The lowest BCUT2D eigenvalue weighted by Crippen LogP contribution is -2.43. The predicted octanol–water partition coefficient (Wildman–Crippen LogP) is 4.09. The van der Waals surface area contributed by atoms with Gasteiger partial charge in [0.15, 0.2) is 6.61 Å². The number of hydrazine groups is 1. The number of nitrogens with one attached hydrogen (secondary N) is 2. The SMILES string of the molecule is O=C(COC(=O)C(=Cc1ccc(Cl)cc1)c1ccc(F)cc1)NNC(=O)c1cccs1. The molecule has 0 saturated heterocycles. The van der Waals surface area contributed by atoms with Gasteiger partial charge in [0.05, 0.1) is 10.5 Å². The molecule has 0 fully saturated rings. The Morgan fingerprint density at radius 3 is 2.35 bits per heavy atom. The van der Waals surface area contributed by atoms with Gasteiger partial charge in [-0.05, 0) is 52.9 Å². The van der Waals surface area contributed by atoms with E-state index in [2.05, 4.69) is 10.9 Å². The van der Waals surface area contributed by atoms with E-state index in [1.54, 1.807) is 47.9 Å². The quantitative estimate of drug-likeness (QED) is 0.252. The molecule has 2 N–H and O–H groups in total. The number of thiophene rings is 1. The minimum Gasteiger partial charge on any atom is -0.452 e. The van der Waals surface area contributed by atoms with Gasteiger partial charge in [-0.25, -0.2) is 9.18 Å². The summed E-state index contributed by atoms with van der Waals surface area (Å²) in [7, 11) is 0. The summed E-state index contributed by atoms with van der Waals surface area (Å²) in [5.74, 6) is -2.45. The summed E-state index contributed by atoms with van der Waals surface area (Å²) >= 11 is 7.10. The fourth-order valence-corrected chi connectivity index (χ4v) is 3.20. The van der Waals surface area contributed by atoms with Gasteiger partial charge < -0.3 is 4.74 Å². The molecular formula is C22H16ClFN2O4S. The number of hydrogen-bond acceptors (Lipinski definition) is 5. The Kier molecular flexibility index (Phi) is 7.53. The number of ether oxygens (including phenoxy) is 1. The van der Waals surface area contributed by atoms with Crippen molar-refractivity contribution in [2.24, 2.45) is 0 Å². The van der Waals surface area contributed by atoms with E-state index in [0.29, 0.717) is 21.0 Å². The molecule has 0 radical (unpaired) electrons. The zero-order valence-corrected chi connectivity index (χ0v) is 17.5. The molecule has 158 valence electrons. The van der Waals surface area contributed by atoms with Crippen LogP contribution in [0.4, 0.5) is 4.39 Å². The zero-order chi connectivity index (χ0) is 22.2. The van der Waals surface area contributed by atoms with Gasteiger partial charge in [-0.1, -0.05) is 41.9 Å². The molecule has 3 rings (SSSR count). The van der Waals surface area contributed by atoms with Crippen LogP contribution in [0.3, 0.4) is 0 Å². The van der Waals surface area contributed by atoms with E-state index >= 15 is 0 Å². The van der Waals surface area contributed by atoms with Crippen LogP contribution >= 0.6 is 22.9 Å². The molecule has 0 aliphatic heterocycles. The zero-order valence-electron chi connectivity index (χ0n) is 15.9. The third-order valence-corrected chi connectivity index (χ3v) is 5.07. The van der Waals surface area contributed by atoms with Crippen molar-refractivity contribution in [3.63, 3.8) is 0 Å². The van der Waals surface area contributed by atoms with Crippen LogP contribution in [0.1, 0.15) is 20.8 Å². The van der Waals surface area contributed by atoms with Crippen LogP contribution < -0.4 is 10.9 Å². The minimum absolute atomic E-state index is 0.123. The topological polar surface area (TPSA) is 84.5 Å². The van der Waals surface area contributed by atoms with Crippen molar-refractivity contribution in [1.29, 1.82) is 0 Å². The van der Waals surface area contributed by atoms with Crippen LogP contribution in [0.5, 0.6) is 0 Å². The van der Waals surface area contributed by atoms with Gasteiger partial charge in [-0.2, -0.15) is 0 Å². The Morgan fingerprint density at radius 1 is 1.00 bits per heavy atom. The number of carbonyl (C=O) groups excluding carboxylic acids is 3. The fraction of sp³-hybridized carbons (Fsp3) is 0.0455. The highest BCUT2D eigenvalue weighted by Gasteiger charge is 2.16. The van der Waals surface area contributed by atoms with Crippen molar-refractivity contribution >= 4 is 52.4 Å². The normalized spacial score (nSPS) is 11.0. The average molecular weight is 459 g/mol. The van der Waals surface area contributed by atoms with Gasteiger partial charge in [-0.15, -0.1) is 11.3 Å². The first-order chi connectivity index (χ1) is 14.9. The van der Waals surface area contributed by atoms with Crippen LogP contribution in [0, 0.1) is 5.82 Å². The molecule has 0 aliphatic carbocycles. The number of esters is 1. The summed E-state index contributed by atoms with van der Waals surface area (Å²) in [4.78, 5) is 36.8. The van der Waals surface area contributed by atoms with Gasteiger partial charge in [0, 0.05) is 5.02 Å². The highest BCUT2D eigenvalue weighted by atomic mass is 35.5. The molecule has 3 aromatic rings. The first-order valence-electron chi connectivity index (χ1n) is 8.95. The largest absolute Gasteiger partial charge is 0.452 e. The van der Waals surface area contributed by atoms with Crippen molar-refractivity contribution in [2.75, 3.05) is 6.61 Å². The number of hydrogen-bond donors (Lipinski definition) is 2. The third-order valence-electron chi connectivity index (χ3n) is 3.95. The second-order valence-electron chi connectivity index (χ2n) is 6.17. The summed E-state index contributed by atoms with van der Waals surface area (Å²) in [5.41, 5.74) is 5.60. The Balaban J connectivity index is 1.66. The Morgan fingerprint density at radius 2 is 1.71 bits per heavy atom. The number of amides is 2. The van der Waals surface area contributed by atoms with E-state index in [1.807, 2.05) is 0 Å². The molecule has 0 unspecified atom stereocenters. The summed E-state index contributed by atoms with van der Waals surface area (Å²) < 4.78 is 18.4. The maximum Gasteiger partial charge on any atom is 0.339 e. The average Bonchev–Trinajstić information content (AvgIpc) is 3.31. The molecule has 1 heterocycles. The fourth-order valence-electron chi connectivity index (χ4n) is 2.46. The maximum absolute atomic E-state index is 13.3. The summed E-state index contributed by atoms with van der Waals surface area (Å²) in [6.07, 6.45) is 1.54. The van der Waals surface area contributed by atoms with Crippen molar-refractivity contribution in [1.82, 2.24) is 10.9 Å². The van der Waals surface area contributed by atoms with E-state index in [9.17, 15) is 18.8 Å². The minimum atomic E-state index is -0.790. The van der Waals surface area contributed by atoms with E-state index in [1.165, 1.54) is 35.6 Å². The molecule has 0 atom stereocenters. The monoisotopic (exact) mass is 458 g/mol. The molecule has 6 nitrogen and oxygen atoms in total. The van der Waals surface area contributed by atoms with Gasteiger partial charge in [-0.3, -0.25) is 20.4 Å². The van der Waals surface area contributed by atoms with Crippen LogP contribution in [-0.2, 0) is 14.3 Å². The van der Waals surface area contributed by atoms with Crippen LogP contribution in [0.2, 0.25) is 5.02 Å². The van der Waals surface area contributed by atoms with E-state index in [4.69, 9.17) is 16.3 Å². The van der Waals surface area contributed by atoms with Gasteiger partial charge >= 0.3 is 5.97 Å². The first-order valence-corrected chi connectivity index (χ1v) is 10.2. The summed E-state index contributed by atoms with van der Waals surface area (Å²) in [6.45, 7) is -0.622. The Labute approximate surface area is 186 Å². The molecule has 0 aliphatic rings. The smallest absolute Gasteiger partial charge is 0.339 e. The van der Waals surface area contributed by atoms with Gasteiger partial charge in [0.2, 0.25) is 0 Å². The van der Waals surface area contributed by atoms with Crippen molar-refractivity contribution in [3.05, 3.63) is 92.9 Å². The van der Waals surface area contributed by atoms with Gasteiger partial charge in [0.1, 0.15) is 5.82 Å². The predicted molar refractivity (Wildman–Crippen MR) is 117 cm³/mol. The molecule has 0 saturated carbocycles. The highest BCUT2D eigenvalue weighted by molar-refractivity contribution is 7.12. The lowest BCUT2D eigenvalue weighted by Gasteiger charge is -2.10. The molecule has 1 aromatic heterocycles. The van der Waals surface area contributed by atoms with Crippen molar-refractivity contribution in [2.45, 2.75) is 0 Å². The Bertz CT molecular complexity index is 1100.